The van der Waals surface area contributed by atoms with Gasteiger partial charge in [0.25, 0.3) is 11.8 Å². The predicted molar refractivity (Wildman–Crippen MR) is 286 cm³/mol. The Morgan fingerprint density at radius 1 is 0.937 bits per heavy atom. The van der Waals surface area contributed by atoms with E-state index in [1.807, 2.05) is 30.3 Å². The minimum absolute atomic E-state index is 0.00987. The lowest BCUT2D eigenvalue weighted by atomic mass is 10.0. The number of alkyl halides is 2. The SMILES string of the molecule is NC(=O)CCC(NC(=O)[C@@H]1CC[C@@H]2CCN(C(=O)CCCCCC#Cc3cccc4c3CN(C3CCC(=O)NC3=O)C4=O)C[C@H](NC(=O)c3cc4cc(C(F)(F)P(=O)(O)O)ccc4s3)C(=O)N21)c1nc2c(s1)Cc1ccccc1-2. The van der Waals surface area contributed by atoms with Gasteiger partial charge in [-0.2, -0.15) is 8.78 Å². The van der Waals surface area contributed by atoms with Crippen LogP contribution in [0.5, 0.6) is 0 Å². The average molecular weight is 1140 g/mol. The molecule has 10 rings (SSSR count). The molecule has 24 heteroatoms. The molecule has 0 spiro atoms. The third kappa shape index (κ3) is 11.3. The van der Waals surface area contributed by atoms with Crippen molar-refractivity contribution in [1.29, 1.82) is 0 Å². The zero-order valence-corrected chi connectivity index (χ0v) is 45.0. The summed E-state index contributed by atoms with van der Waals surface area (Å²) in [6, 6.07) is 13.0. The van der Waals surface area contributed by atoms with Crippen LogP contribution in [-0.4, -0.2) is 114 Å². The number of aromatic nitrogens is 1. The second-order valence-corrected chi connectivity index (χ2v) is 24.3. The van der Waals surface area contributed by atoms with Crippen LogP contribution >= 0.6 is 30.3 Å². The fraction of sp³-hybridized carbons (Fsp3) is 0.400. The summed E-state index contributed by atoms with van der Waals surface area (Å²) in [5, 5.41) is 8.84. The number of thiophene rings is 1. The fourth-order valence-electron chi connectivity index (χ4n) is 11.1. The molecule has 1 aliphatic carbocycles. The van der Waals surface area contributed by atoms with Gasteiger partial charge in [-0.25, -0.2) is 4.98 Å². The number of hydrogen-bond acceptors (Lipinski definition) is 12. The van der Waals surface area contributed by atoms with Crippen LogP contribution in [-0.2, 0) is 52.0 Å². The highest BCUT2D eigenvalue weighted by Gasteiger charge is 2.51. The second-order valence-electron chi connectivity index (χ2n) is 20.4. The number of hydrogen-bond donors (Lipinski definition) is 6. The summed E-state index contributed by atoms with van der Waals surface area (Å²) in [7, 11) is -5.90. The number of carbonyl (C=O) groups is 8. The van der Waals surface area contributed by atoms with E-state index >= 15 is 0 Å². The number of nitrogens with zero attached hydrogens (tertiary/aromatic N) is 4. The number of nitrogens with one attached hydrogen (secondary N) is 3. The molecule has 4 aliphatic heterocycles. The number of primary amides is 1. The number of amides is 8. The maximum Gasteiger partial charge on any atom is 0.399 e. The van der Waals surface area contributed by atoms with Gasteiger partial charge in [-0.15, -0.1) is 22.7 Å². The summed E-state index contributed by atoms with van der Waals surface area (Å²) in [6.07, 6.45) is 4.51. The lowest BCUT2D eigenvalue weighted by Crippen LogP contribution is -2.61. The number of halogens is 2. The molecule has 19 nitrogen and oxygen atoms in total. The van der Waals surface area contributed by atoms with Crippen LogP contribution in [0, 0.1) is 11.8 Å². The summed E-state index contributed by atoms with van der Waals surface area (Å²) in [5.41, 5.74) is 4.91. The summed E-state index contributed by atoms with van der Waals surface area (Å²) in [6.45, 7) is 0.130. The van der Waals surface area contributed by atoms with Crippen molar-refractivity contribution in [1.82, 2.24) is 35.6 Å². The quantitative estimate of drug-likeness (QED) is 0.0293. The number of carbonyl (C=O) groups excluding carboxylic acids is 8. The van der Waals surface area contributed by atoms with Crippen molar-refractivity contribution in [2.75, 3.05) is 13.1 Å². The molecule has 412 valence electrons. The number of unbranched alkanes of at least 4 members (excludes halogenated alkanes) is 3. The Balaban J connectivity index is 0.822. The first-order chi connectivity index (χ1) is 37.7. The van der Waals surface area contributed by atoms with Crippen molar-refractivity contribution in [3.8, 4) is 23.1 Å². The third-order valence-electron chi connectivity index (χ3n) is 15.2. The Kier molecular flexibility index (Phi) is 15.7. The molecule has 5 atom stereocenters. The van der Waals surface area contributed by atoms with E-state index in [0.717, 1.165) is 45.2 Å². The molecule has 2 aromatic heterocycles. The molecular weight excluding hydrogens is 1080 g/mol. The highest BCUT2D eigenvalue weighted by atomic mass is 32.1. The molecule has 3 fully saturated rings. The maximum absolute atomic E-state index is 15.0. The second kappa shape index (κ2) is 22.5. The molecule has 5 aromatic rings. The van der Waals surface area contributed by atoms with Crippen LogP contribution in [0.4, 0.5) is 8.78 Å². The molecule has 0 radical (unpaired) electrons. The van der Waals surface area contributed by atoms with Crippen molar-refractivity contribution in [2.24, 2.45) is 5.73 Å². The first kappa shape index (κ1) is 55.1. The Labute approximate surface area is 459 Å². The lowest BCUT2D eigenvalue weighted by molar-refractivity contribution is -0.145. The minimum Gasteiger partial charge on any atom is -0.370 e. The first-order valence-electron chi connectivity index (χ1n) is 26.1. The largest absolute Gasteiger partial charge is 0.399 e. The van der Waals surface area contributed by atoms with E-state index in [-0.39, 0.29) is 86.1 Å². The minimum atomic E-state index is -5.90. The summed E-state index contributed by atoms with van der Waals surface area (Å²) < 4.78 is 41.4. The fourth-order valence-corrected chi connectivity index (χ4v) is 13.7. The Morgan fingerprint density at radius 3 is 2.52 bits per heavy atom. The lowest BCUT2D eigenvalue weighted by Gasteiger charge is -2.39. The zero-order chi connectivity index (χ0) is 55.9. The van der Waals surface area contributed by atoms with E-state index in [1.165, 1.54) is 38.2 Å². The van der Waals surface area contributed by atoms with Crippen molar-refractivity contribution < 1.29 is 61.5 Å². The van der Waals surface area contributed by atoms with E-state index < -0.39 is 78.6 Å². The molecule has 6 heterocycles. The van der Waals surface area contributed by atoms with Gasteiger partial charge < -0.3 is 40.9 Å². The van der Waals surface area contributed by atoms with Crippen LogP contribution < -0.4 is 21.7 Å². The zero-order valence-electron chi connectivity index (χ0n) is 42.5. The monoisotopic (exact) mass is 1140 g/mol. The number of benzene rings is 3. The van der Waals surface area contributed by atoms with E-state index in [2.05, 4.69) is 27.8 Å². The van der Waals surface area contributed by atoms with Gasteiger partial charge in [0.05, 0.1) is 16.6 Å². The molecule has 3 saturated heterocycles. The number of thiazole rings is 1. The molecule has 7 N–H and O–H groups in total. The third-order valence-corrected chi connectivity index (χ3v) is 18.5. The van der Waals surface area contributed by atoms with Gasteiger partial charge in [-0.1, -0.05) is 54.7 Å². The normalized spacial score (nSPS) is 20.3. The number of rotatable bonds is 16. The smallest absolute Gasteiger partial charge is 0.370 e. The van der Waals surface area contributed by atoms with Gasteiger partial charge in [0, 0.05) is 89.6 Å². The molecule has 2 unspecified atom stereocenters. The van der Waals surface area contributed by atoms with Crippen molar-refractivity contribution in [3.63, 3.8) is 0 Å². The standard InChI is InChI=1S/C55H55F2N8O11PS2/c56-55(57,77(74,75)76)33-15-20-42-32(25-33)27-44(78-42)51(71)60-39-29-63(47(68)14-5-3-1-2-4-9-30-11-8-13-36-37(30)28-64(53(36)72)40-19-22-46(67)61-49(40)69)24-23-34-16-18-41(65(34)54(39)73)50(70)59-38(17-21-45(58)66)52-62-48-35-12-7-6-10-31(35)26-43(48)79-52/h6-8,10-13,15,20,25,27,34,38-41H,1-3,5,14,16-19,21-24,26,28-29H2,(H2,58,66)(H,59,70)(H,60,71)(H,61,67,69)(H2,74,75,76)/t34-,38?,39+,40?,41+/m1/s1. The maximum atomic E-state index is 15.0. The predicted octanol–water partition coefficient (Wildman–Crippen LogP) is 5.73. The highest BCUT2D eigenvalue weighted by Crippen LogP contribution is 2.59. The molecule has 5 aliphatic rings. The van der Waals surface area contributed by atoms with Crippen LogP contribution in [0.25, 0.3) is 21.3 Å². The Bertz CT molecular complexity index is 3460. The summed E-state index contributed by atoms with van der Waals surface area (Å²) >= 11 is 2.34. The van der Waals surface area contributed by atoms with Crippen LogP contribution in [0.3, 0.4) is 0 Å². The van der Waals surface area contributed by atoms with Crippen LogP contribution in [0.15, 0.2) is 66.7 Å². The summed E-state index contributed by atoms with van der Waals surface area (Å²) in [5.74, 6) is 2.45. The molecule has 79 heavy (non-hydrogen) atoms. The van der Waals surface area contributed by atoms with Gasteiger partial charge in [0.1, 0.15) is 23.1 Å². The van der Waals surface area contributed by atoms with Crippen molar-refractivity contribution in [3.05, 3.63) is 109 Å². The first-order valence-corrected chi connectivity index (χ1v) is 29.3. The van der Waals surface area contributed by atoms with Crippen LogP contribution in [0.2, 0.25) is 0 Å². The van der Waals surface area contributed by atoms with Gasteiger partial charge in [-0.05, 0) is 91.8 Å². The van der Waals surface area contributed by atoms with Crippen molar-refractivity contribution >= 4 is 87.6 Å². The van der Waals surface area contributed by atoms with Gasteiger partial charge in [0.15, 0.2) is 0 Å². The topological polar surface area (TPSA) is 279 Å². The molecular formula is C55H55F2N8O11PS2. The summed E-state index contributed by atoms with van der Waals surface area (Å²) in [4.78, 5) is 136. The van der Waals surface area contributed by atoms with Crippen molar-refractivity contribution in [2.45, 2.75) is 126 Å². The van der Waals surface area contributed by atoms with E-state index in [4.69, 9.17) is 10.7 Å². The Morgan fingerprint density at radius 2 is 1.73 bits per heavy atom. The number of fused-ring (bicyclic) bond motifs is 6. The molecule has 0 saturated carbocycles. The van der Waals surface area contributed by atoms with E-state index in [9.17, 15) is 61.5 Å². The van der Waals surface area contributed by atoms with Crippen LogP contribution in [0.1, 0.15) is 135 Å². The number of nitrogens with two attached hydrogens (primary N) is 1. The highest BCUT2D eigenvalue weighted by molar-refractivity contribution is 7.52. The van der Waals surface area contributed by atoms with Gasteiger partial charge in [-0.3, -0.25) is 48.2 Å². The van der Waals surface area contributed by atoms with E-state index in [1.54, 1.807) is 12.1 Å². The van der Waals surface area contributed by atoms with E-state index in [0.29, 0.717) is 71.3 Å². The van der Waals surface area contributed by atoms with Gasteiger partial charge >= 0.3 is 13.3 Å². The number of imide groups is 1. The number of piperidine rings is 1. The Hall–Kier alpha value is -7.22. The van der Waals surface area contributed by atoms with Gasteiger partial charge in [0.2, 0.25) is 35.4 Å². The average Bonchev–Trinajstić information content (AvgIpc) is 4.43. The molecule has 8 amide bonds. The molecule has 3 aromatic carbocycles. The molecule has 0 bridgehead atoms.